The fourth-order valence-corrected chi connectivity index (χ4v) is 3.60. The average molecular weight is 398 g/mol. The summed E-state index contributed by atoms with van der Waals surface area (Å²) in [5.74, 6) is -0.242. The number of halogens is 3. The third-order valence-corrected chi connectivity index (χ3v) is 5.00. The molecular formula is C17H11Cl3N2OS. The Labute approximate surface area is 158 Å². The van der Waals surface area contributed by atoms with Crippen molar-refractivity contribution in [2.45, 2.75) is 6.92 Å². The van der Waals surface area contributed by atoms with E-state index < -0.39 is 0 Å². The standard InChI is InChI=1S/C17H11Cl3N2OS/c1-9-15(13-7-6-12(19)8-14(13)20)21-17(24-9)22-16(23)10-2-4-11(18)5-3-10/h2-8H,1H3,(H,21,22,23). The van der Waals surface area contributed by atoms with E-state index in [0.29, 0.717) is 25.8 Å². The van der Waals surface area contributed by atoms with Crippen molar-refractivity contribution >= 4 is 57.2 Å². The van der Waals surface area contributed by atoms with Crippen LogP contribution >= 0.6 is 46.1 Å². The molecule has 0 saturated carbocycles. The lowest BCUT2D eigenvalue weighted by Gasteiger charge is -2.03. The second-order valence-corrected chi connectivity index (χ2v) is 7.49. The Kier molecular flexibility index (Phi) is 5.11. The fourth-order valence-electron chi connectivity index (χ4n) is 2.15. The number of hydrogen-bond acceptors (Lipinski definition) is 3. The number of thiazole rings is 1. The normalized spacial score (nSPS) is 10.7. The van der Waals surface area contributed by atoms with Crippen LogP contribution in [-0.2, 0) is 0 Å². The van der Waals surface area contributed by atoms with E-state index in [4.69, 9.17) is 34.8 Å². The summed E-state index contributed by atoms with van der Waals surface area (Å²) >= 11 is 19.4. The van der Waals surface area contributed by atoms with Crippen LogP contribution in [0.4, 0.5) is 5.13 Å². The lowest BCUT2D eigenvalue weighted by atomic mass is 10.1. The van der Waals surface area contributed by atoms with Gasteiger partial charge in [-0.2, -0.15) is 0 Å². The SMILES string of the molecule is Cc1sc(NC(=O)c2ccc(Cl)cc2)nc1-c1ccc(Cl)cc1Cl. The smallest absolute Gasteiger partial charge is 0.257 e. The third-order valence-electron chi connectivity index (χ3n) is 3.31. The van der Waals surface area contributed by atoms with Crippen molar-refractivity contribution in [3.63, 3.8) is 0 Å². The molecule has 2 aromatic carbocycles. The zero-order chi connectivity index (χ0) is 17.3. The second-order valence-electron chi connectivity index (χ2n) is 5.01. The van der Waals surface area contributed by atoms with Gasteiger partial charge >= 0.3 is 0 Å². The zero-order valence-corrected chi connectivity index (χ0v) is 15.5. The Hall–Kier alpha value is -1.59. The van der Waals surface area contributed by atoms with Crippen LogP contribution in [-0.4, -0.2) is 10.9 Å². The second kappa shape index (κ2) is 7.11. The first-order chi connectivity index (χ1) is 11.4. The Morgan fingerprint density at radius 2 is 1.71 bits per heavy atom. The molecule has 3 rings (SSSR count). The molecule has 1 N–H and O–H groups in total. The van der Waals surface area contributed by atoms with Crippen LogP contribution in [0.3, 0.4) is 0 Å². The third kappa shape index (κ3) is 3.73. The highest BCUT2D eigenvalue weighted by Gasteiger charge is 2.15. The first-order valence-corrected chi connectivity index (χ1v) is 8.89. The van der Waals surface area contributed by atoms with Gasteiger partial charge in [-0.1, -0.05) is 34.8 Å². The predicted molar refractivity (Wildman–Crippen MR) is 102 cm³/mol. The predicted octanol–water partition coefficient (Wildman–Crippen LogP) is 6.33. The van der Waals surface area contributed by atoms with Crippen LogP contribution in [0.2, 0.25) is 15.1 Å². The van der Waals surface area contributed by atoms with Crippen LogP contribution in [0, 0.1) is 6.92 Å². The summed E-state index contributed by atoms with van der Waals surface area (Å²) in [4.78, 5) is 17.7. The van der Waals surface area contributed by atoms with Gasteiger partial charge in [0, 0.05) is 26.0 Å². The minimum Gasteiger partial charge on any atom is -0.298 e. The van der Waals surface area contributed by atoms with Crippen LogP contribution in [0.15, 0.2) is 42.5 Å². The molecule has 1 aromatic heterocycles. The highest BCUT2D eigenvalue weighted by atomic mass is 35.5. The monoisotopic (exact) mass is 396 g/mol. The minimum atomic E-state index is -0.242. The summed E-state index contributed by atoms with van der Waals surface area (Å²) in [5.41, 5.74) is 2.02. The maximum atomic E-state index is 12.3. The number of benzene rings is 2. The van der Waals surface area contributed by atoms with Gasteiger partial charge < -0.3 is 0 Å². The fraction of sp³-hybridized carbons (Fsp3) is 0.0588. The van der Waals surface area contributed by atoms with E-state index in [1.54, 1.807) is 36.4 Å². The van der Waals surface area contributed by atoms with Crippen molar-refractivity contribution in [1.82, 2.24) is 4.98 Å². The molecule has 0 spiro atoms. The molecule has 24 heavy (non-hydrogen) atoms. The quantitative estimate of drug-likeness (QED) is 0.561. The molecule has 0 aliphatic carbocycles. The van der Waals surface area contributed by atoms with Gasteiger partial charge in [-0.25, -0.2) is 4.98 Å². The number of carbonyl (C=O) groups excluding carboxylic acids is 1. The molecule has 7 heteroatoms. The van der Waals surface area contributed by atoms with Crippen LogP contribution in [0.25, 0.3) is 11.3 Å². The van der Waals surface area contributed by atoms with Gasteiger partial charge in [0.2, 0.25) is 0 Å². The van der Waals surface area contributed by atoms with E-state index in [9.17, 15) is 4.79 Å². The van der Waals surface area contributed by atoms with E-state index >= 15 is 0 Å². The largest absolute Gasteiger partial charge is 0.298 e. The molecule has 0 aliphatic heterocycles. The van der Waals surface area contributed by atoms with E-state index in [0.717, 1.165) is 16.1 Å². The van der Waals surface area contributed by atoms with E-state index in [2.05, 4.69) is 10.3 Å². The number of aryl methyl sites for hydroxylation is 1. The molecule has 0 atom stereocenters. The van der Waals surface area contributed by atoms with Crippen molar-refractivity contribution < 1.29 is 4.79 Å². The molecule has 3 nitrogen and oxygen atoms in total. The summed E-state index contributed by atoms with van der Waals surface area (Å²) in [5, 5.41) is 4.97. The number of hydrogen-bond donors (Lipinski definition) is 1. The first-order valence-electron chi connectivity index (χ1n) is 6.94. The summed E-state index contributed by atoms with van der Waals surface area (Å²) in [6, 6.07) is 11.9. The topological polar surface area (TPSA) is 42.0 Å². The molecule has 0 aliphatic rings. The van der Waals surface area contributed by atoms with Crippen LogP contribution < -0.4 is 5.32 Å². The van der Waals surface area contributed by atoms with Gasteiger partial charge in [0.05, 0.1) is 10.7 Å². The maximum absolute atomic E-state index is 12.3. The Bertz CT molecular complexity index is 907. The molecule has 1 heterocycles. The van der Waals surface area contributed by atoms with Gasteiger partial charge in [0.1, 0.15) is 0 Å². The number of anilines is 1. The number of nitrogens with one attached hydrogen (secondary N) is 1. The number of carbonyl (C=O) groups is 1. The Morgan fingerprint density at radius 1 is 1.04 bits per heavy atom. The van der Waals surface area contributed by atoms with Gasteiger partial charge in [0.25, 0.3) is 5.91 Å². The molecule has 1 amide bonds. The molecule has 0 fully saturated rings. The van der Waals surface area contributed by atoms with Gasteiger partial charge in [0.15, 0.2) is 5.13 Å². The summed E-state index contributed by atoms with van der Waals surface area (Å²) in [7, 11) is 0. The molecule has 0 bridgehead atoms. The van der Waals surface area contributed by atoms with Gasteiger partial charge in [-0.05, 0) is 49.4 Å². The average Bonchev–Trinajstić information content (AvgIpc) is 2.88. The number of nitrogens with zero attached hydrogens (tertiary/aromatic N) is 1. The van der Waals surface area contributed by atoms with Crippen molar-refractivity contribution in [3.8, 4) is 11.3 Å². The first kappa shape index (κ1) is 17.2. The maximum Gasteiger partial charge on any atom is 0.257 e. The molecule has 0 unspecified atom stereocenters. The molecular weight excluding hydrogens is 387 g/mol. The lowest BCUT2D eigenvalue weighted by Crippen LogP contribution is -2.11. The summed E-state index contributed by atoms with van der Waals surface area (Å²) < 4.78 is 0. The van der Waals surface area contributed by atoms with Crippen molar-refractivity contribution in [3.05, 3.63) is 68.0 Å². The van der Waals surface area contributed by atoms with E-state index in [1.165, 1.54) is 11.3 Å². The number of amides is 1. The van der Waals surface area contributed by atoms with E-state index in [1.807, 2.05) is 13.0 Å². The molecule has 0 saturated heterocycles. The van der Waals surface area contributed by atoms with Crippen LogP contribution in [0.1, 0.15) is 15.2 Å². The van der Waals surface area contributed by atoms with Crippen molar-refractivity contribution in [2.75, 3.05) is 5.32 Å². The van der Waals surface area contributed by atoms with Crippen molar-refractivity contribution in [1.29, 1.82) is 0 Å². The van der Waals surface area contributed by atoms with Crippen molar-refractivity contribution in [2.24, 2.45) is 0 Å². The van der Waals surface area contributed by atoms with Crippen LogP contribution in [0.5, 0.6) is 0 Å². The summed E-state index contributed by atoms with van der Waals surface area (Å²) in [6.45, 7) is 1.93. The molecule has 3 aromatic rings. The molecule has 122 valence electrons. The highest BCUT2D eigenvalue weighted by Crippen LogP contribution is 2.35. The zero-order valence-electron chi connectivity index (χ0n) is 12.4. The van der Waals surface area contributed by atoms with Gasteiger partial charge in [-0.3, -0.25) is 10.1 Å². The summed E-state index contributed by atoms with van der Waals surface area (Å²) in [6.07, 6.45) is 0. The highest BCUT2D eigenvalue weighted by molar-refractivity contribution is 7.16. The Balaban J connectivity index is 1.86. The van der Waals surface area contributed by atoms with E-state index in [-0.39, 0.29) is 5.91 Å². The number of rotatable bonds is 3. The van der Waals surface area contributed by atoms with Gasteiger partial charge in [-0.15, -0.1) is 11.3 Å². The minimum absolute atomic E-state index is 0.242. The number of aromatic nitrogens is 1. The Morgan fingerprint density at radius 3 is 2.38 bits per heavy atom. The molecule has 0 radical (unpaired) electrons. The lowest BCUT2D eigenvalue weighted by molar-refractivity contribution is 0.102.